The molecule has 0 bridgehead atoms. The average Bonchev–Trinajstić information content (AvgIpc) is 2.59. The van der Waals surface area contributed by atoms with Crippen LogP contribution in [0.15, 0.2) is 48.5 Å². The number of allylic oxidation sites excluding steroid dienone is 2. The summed E-state index contributed by atoms with van der Waals surface area (Å²) in [6, 6.07) is 15.6. The predicted octanol–water partition coefficient (Wildman–Crippen LogP) is 5.82. The first-order valence-electron chi connectivity index (χ1n) is 8.42. The summed E-state index contributed by atoms with van der Waals surface area (Å²) in [5, 5.41) is 0. The zero-order valence-electron chi connectivity index (χ0n) is 14.8. The zero-order chi connectivity index (χ0) is 17.7. The van der Waals surface area contributed by atoms with Gasteiger partial charge in [-0.3, -0.25) is 9.59 Å². The van der Waals surface area contributed by atoms with E-state index >= 15 is 0 Å². The Morgan fingerprint density at radius 3 is 1.04 bits per heavy atom. The normalized spacial score (nSPS) is 11.8. The second kappa shape index (κ2) is 7.87. The summed E-state index contributed by atoms with van der Waals surface area (Å²) in [6.07, 6.45) is 1.83. The van der Waals surface area contributed by atoms with Gasteiger partial charge in [-0.25, -0.2) is 0 Å². The molecule has 0 atom stereocenters. The number of hydrogen-bond acceptors (Lipinski definition) is 2. The molecule has 0 amide bonds. The minimum absolute atomic E-state index is 0.0825. The molecule has 0 aliphatic rings. The van der Waals surface area contributed by atoms with Crippen molar-refractivity contribution >= 4 is 22.7 Å². The fourth-order valence-corrected chi connectivity index (χ4v) is 3.00. The summed E-state index contributed by atoms with van der Waals surface area (Å²) in [7, 11) is 0. The molecule has 0 aliphatic carbocycles. The molecule has 0 heterocycles. The fraction of sp³-hybridized carbons (Fsp3) is 0.273. The van der Waals surface area contributed by atoms with Gasteiger partial charge in [-0.15, -0.1) is 0 Å². The third kappa shape index (κ3) is 3.88. The molecule has 2 aromatic rings. The van der Waals surface area contributed by atoms with Gasteiger partial charge in [0, 0.05) is 11.1 Å². The maximum atomic E-state index is 11.5. The molecule has 0 N–H and O–H groups in total. The zero-order valence-corrected chi connectivity index (χ0v) is 14.8. The van der Waals surface area contributed by atoms with E-state index in [1.165, 1.54) is 11.1 Å². The van der Waals surface area contributed by atoms with Gasteiger partial charge in [0.1, 0.15) is 0 Å². The van der Waals surface area contributed by atoms with E-state index in [2.05, 4.69) is 13.8 Å². The first-order chi connectivity index (χ1) is 11.5. The summed E-state index contributed by atoms with van der Waals surface area (Å²) in [6.45, 7) is 7.46. The van der Waals surface area contributed by atoms with Crippen molar-refractivity contribution in [1.29, 1.82) is 0 Å². The number of benzene rings is 2. The quantitative estimate of drug-likeness (QED) is 0.496. The summed E-state index contributed by atoms with van der Waals surface area (Å²) < 4.78 is 0. The number of rotatable bonds is 6. The van der Waals surface area contributed by atoms with Crippen molar-refractivity contribution in [1.82, 2.24) is 0 Å². The van der Waals surface area contributed by atoms with Crippen LogP contribution in [0.2, 0.25) is 0 Å². The van der Waals surface area contributed by atoms with Gasteiger partial charge in [0.2, 0.25) is 0 Å². The molecule has 2 aromatic carbocycles. The molecule has 0 aliphatic heterocycles. The van der Waals surface area contributed by atoms with Crippen molar-refractivity contribution < 1.29 is 9.59 Å². The van der Waals surface area contributed by atoms with Crippen molar-refractivity contribution in [2.75, 3.05) is 0 Å². The second-order valence-corrected chi connectivity index (χ2v) is 5.93. The lowest BCUT2D eigenvalue weighted by Gasteiger charge is -2.15. The van der Waals surface area contributed by atoms with Crippen LogP contribution in [-0.4, -0.2) is 11.6 Å². The minimum atomic E-state index is 0.0825. The van der Waals surface area contributed by atoms with Crippen molar-refractivity contribution in [3.05, 3.63) is 70.8 Å². The fourth-order valence-electron chi connectivity index (χ4n) is 3.00. The Morgan fingerprint density at radius 2 is 0.833 bits per heavy atom. The van der Waals surface area contributed by atoms with Gasteiger partial charge in [0.05, 0.1) is 0 Å². The van der Waals surface area contributed by atoms with Crippen molar-refractivity contribution in [2.45, 2.75) is 40.5 Å². The number of ketones is 2. The average molecular weight is 320 g/mol. The standard InChI is InChI=1S/C22H24O2/c1-5-21(19-11-7-17(8-12-19)15(3)23)22(6-2)20-13-9-18(10-14-20)16(4)24/h7-14H,5-6H2,1-4H3/b22-21+. The van der Waals surface area contributed by atoms with Crippen molar-refractivity contribution in [3.63, 3.8) is 0 Å². The van der Waals surface area contributed by atoms with E-state index in [1.54, 1.807) is 13.8 Å². The number of Topliss-reactive ketones (excluding diaryl/α,β-unsaturated/α-hetero) is 2. The highest BCUT2D eigenvalue weighted by molar-refractivity contribution is 5.97. The Hall–Kier alpha value is -2.48. The number of hydrogen-bond donors (Lipinski definition) is 0. The first kappa shape index (κ1) is 17.9. The second-order valence-electron chi connectivity index (χ2n) is 5.93. The Morgan fingerprint density at radius 1 is 0.583 bits per heavy atom. The largest absolute Gasteiger partial charge is 0.295 e. The van der Waals surface area contributed by atoms with Gasteiger partial charge >= 0.3 is 0 Å². The molecule has 2 nitrogen and oxygen atoms in total. The van der Waals surface area contributed by atoms with Gasteiger partial charge in [0.15, 0.2) is 11.6 Å². The first-order valence-corrected chi connectivity index (χ1v) is 8.42. The smallest absolute Gasteiger partial charge is 0.159 e. The molecule has 0 saturated heterocycles. The topological polar surface area (TPSA) is 34.1 Å². The van der Waals surface area contributed by atoms with E-state index in [0.717, 1.165) is 35.1 Å². The highest BCUT2D eigenvalue weighted by atomic mass is 16.1. The van der Waals surface area contributed by atoms with Gasteiger partial charge < -0.3 is 0 Å². The molecule has 0 aromatic heterocycles. The molecule has 0 fully saturated rings. The summed E-state index contributed by atoms with van der Waals surface area (Å²) in [5.41, 5.74) is 6.33. The summed E-state index contributed by atoms with van der Waals surface area (Å²) >= 11 is 0. The van der Waals surface area contributed by atoms with Crippen LogP contribution in [0.4, 0.5) is 0 Å². The number of carbonyl (C=O) groups is 2. The van der Waals surface area contributed by atoms with E-state index in [1.807, 2.05) is 48.5 Å². The van der Waals surface area contributed by atoms with Gasteiger partial charge in [-0.2, -0.15) is 0 Å². The molecule has 0 spiro atoms. The van der Waals surface area contributed by atoms with E-state index in [4.69, 9.17) is 0 Å². The van der Waals surface area contributed by atoms with E-state index in [9.17, 15) is 9.59 Å². The maximum Gasteiger partial charge on any atom is 0.159 e. The van der Waals surface area contributed by atoms with Crippen LogP contribution in [0.25, 0.3) is 11.1 Å². The third-order valence-corrected chi connectivity index (χ3v) is 4.35. The molecular weight excluding hydrogens is 296 g/mol. The monoisotopic (exact) mass is 320 g/mol. The van der Waals surface area contributed by atoms with Gasteiger partial charge in [-0.05, 0) is 49.0 Å². The summed E-state index contributed by atoms with van der Waals surface area (Å²) in [5.74, 6) is 0.165. The minimum Gasteiger partial charge on any atom is -0.295 e. The molecule has 2 rings (SSSR count). The highest BCUT2D eigenvalue weighted by Crippen LogP contribution is 2.31. The van der Waals surface area contributed by atoms with Crippen LogP contribution in [0.1, 0.15) is 72.4 Å². The molecule has 24 heavy (non-hydrogen) atoms. The van der Waals surface area contributed by atoms with Crippen LogP contribution >= 0.6 is 0 Å². The van der Waals surface area contributed by atoms with Gasteiger partial charge in [-0.1, -0.05) is 62.4 Å². The maximum absolute atomic E-state index is 11.5. The van der Waals surface area contributed by atoms with Crippen LogP contribution in [-0.2, 0) is 0 Å². The molecule has 124 valence electrons. The van der Waals surface area contributed by atoms with Crippen molar-refractivity contribution in [2.24, 2.45) is 0 Å². The third-order valence-electron chi connectivity index (χ3n) is 4.35. The summed E-state index contributed by atoms with van der Waals surface area (Å²) in [4.78, 5) is 22.9. The number of carbonyl (C=O) groups excluding carboxylic acids is 2. The SMILES string of the molecule is CC/C(=C(/CC)c1ccc(C(C)=O)cc1)c1ccc(C(C)=O)cc1. The molecule has 0 radical (unpaired) electrons. The van der Waals surface area contributed by atoms with Crippen LogP contribution in [0.3, 0.4) is 0 Å². The van der Waals surface area contributed by atoms with Crippen LogP contribution in [0.5, 0.6) is 0 Å². The van der Waals surface area contributed by atoms with Gasteiger partial charge in [0.25, 0.3) is 0 Å². The Balaban J connectivity index is 2.48. The lowest BCUT2D eigenvalue weighted by Crippen LogP contribution is -1.96. The lowest BCUT2D eigenvalue weighted by atomic mass is 9.90. The Kier molecular flexibility index (Phi) is 5.86. The lowest BCUT2D eigenvalue weighted by molar-refractivity contribution is 0.100. The highest BCUT2D eigenvalue weighted by Gasteiger charge is 2.10. The van der Waals surface area contributed by atoms with E-state index in [0.29, 0.717) is 0 Å². The molecule has 0 unspecified atom stereocenters. The molecular formula is C22H24O2. The molecule has 0 saturated carbocycles. The van der Waals surface area contributed by atoms with Crippen LogP contribution < -0.4 is 0 Å². The van der Waals surface area contributed by atoms with E-state index in [-0.39, 0.29) is 11.6 Å². The predicted molar refractivity (Wildman–Crippen MR) is 100 cm³/mol. The Bertz CT molecular complexity index is 695. The Labute approximate surface area is 144 Å². The van der Waals surface area contributed by atoms with Crippen molar-refractivity contribution in [3.8, 4) is 0 Å². The van der Waals surface area contributed by atoms with Crippen LogP contribution in [0, 0.1) is 0 Å². The van der Waals surface area contributed by atoms with E-state index < -0.39 is 0 Å². The molecule has 2 heteroatoms.